The van der Waals surface area contributed by atoms with Crippen molar-refractivity contribution < 1.29 is 17.9 Å². The predicted octanol–water partition coefficient (Wildman–Crippen LogP) is 3.07. The van der Waals surface area contributed by atoms with Gasteiger partial charge in [-0.2, -0.15) is 18.6 Å². The molecule has 2 N–H and O–H groups in total. The molecule has 3 aliphatic rings. The van der Waals surface area contributed by atoms with E-state index < -0.39 is 16.1 Å². The number of benzene rings is 1. The number of amides is 2. The van der Waals surface area contributed by atoms with Crippen LogP contribution in [0.2, 0.25) is 0 Å². The highest BCUT2D eigenvalue weighted by molar-refractivity contribution is 7.90. The lowest BCUT2D eigenvalue weighted by Gasteiger charge is -2.23. The Balaban J connectivity index is 1.18. The molecule has 1 saturated carbocycles. The van der Waals surface area contributed by atoms with Crippen molar-refractivity contribution in [3.05, 3.63) is 59.7 Å². The molecule has 0 spiro atoms. The minimum Gasteiger partial charge on any atom is -0.370 e. The van der Waals surface area contributed by atoms with Crippen LogP contribution in [0.1, 0.15) is 42.2 Å². The molecule has 3 aromatic heterocycles. The van der Waals surface area contributed by atoms with E-state index in [0.29, 0.717) is 30.4 Å². The summed E-state index contributed by atoms with van der Waals surface area (Å²) in [5.41, 5.74) is 5.85. The second-order valence-corrected chi connectivity index (χ2v) is 11.4. The highest BCUT2D eigenvalue weighted by Crippen LogP contribution is 2.45. The summed E-state index contributed by atoms with van der Waals surface area (Å²) < 4.78 is 37.7. The summed E-state index contributed by atoms with van der Waals surface area (Å²) >= 11 is 0. The summed E-state index contributed by atoms with van der Waals surface area (Å²) in [6.45, 7) is 0.974. The predicted molar refractivity (Wildman–Crippen MR) is 133 cm³/mol. The van der Waals surface area contributed by atoms with Crippen LogP contribution in [0.5, 0.6) is 0 Å². The van der Waals surface area contributed by atoms with Gasteiger partial charge < -0.3 is 10.1 Å². The number of hydrogen-bond acceptors (Lipinski definition) is 7. The Hall–Kier alpha value is -3.77. The quantitative estimate of drug-likeness (QED) is 0.414. The third-order valence-corrected chi connectivity index (χ3v) is 8.55. The summed E-state index contributed by atoms with van der Waals surface area (Å²) in [6.07, 6.45) is 7.95. The fourth-order valence-corrected chi connectivity index (χ4v) is 6.30. The van der Waals surface area contributed by atoms with Crippen molar-refractivity contribution in [3.63, 3.8) is 0 Å². The highest BCUT2D eigenvalue weighted by atomic mass is 32.2. The standard InChI is InChI=1S/C25H25N7O4S/c33-25(30-37(34,35)22-13-20-24(16-4-5-16)36-11-10-31(20)29-22)28-23-18-3-1-2-15(18)6-7-19(23)17-8-9-32-21(12-17)26-14-27-32/h6-9,12-14,16,24H,1-5,10-11H2,(H2,28,30,33)/t24-/m1/s1. The van der Waals surface area contributed by atoms with Crippen LogP contribution < -0.4 is 10.0 Å². The van der Waals surface area contributed by atoms with Crippen LogP contribution in [0.4, 0.5) is 10.5 Å². The van der Waals surface area contributed by atoms with E-state index in [2.05, 4.69) is 31.3 Å². The van der Waals surface area contributed by atoms with Crippen molar-refractivity contribution in [3.8, 4) is 11.1 Å². The van der Waals surface area contributed by atoms with Gasteiger partial charge in [-0.25, -0.2) is 19.0 Å². The van der Waals surface area contributed by atoms with Crippen molar-refractivity contribution in [2.24, 2.45) is 5.92 Å². The third-order valence-electron chi connectivity index (χ3n) is 7.35. The smallest absolute Gasteiger partial charge is 0.333 e. The van der Waals surface area contributed by atoms with Crippen LogP contribution in [-0.4, -0.2) is 45.4 Å². The molecule has 0 saturated heterocycles. The van der Waals surface area contributed by atoms with Gasteiger partial charge >= 0.3 is 6.03 Å². The molecule has 2 aliphatic carbocycles. The average Bonchev–Trinajstić information content (AvgIpc) is 3.26. The lowest BCUT2D eigenvalue weighted by Crippen LogP contribution is -2.35. The second kappa shape index (κ2) is 8.38. The van der Waals surface area contributed by atoms with E-state index in [0.717, 1.165) is 60.1 Å². The van der Waals surface area contributed by atoms with Gasteiger partial charge in [0.25, 0.3) is 10.0 Å². The van der Waals surface area contributed by atoms with Crippen molar-refractivity contribution in [2.75, 3.05) is 11.9 Å². The van der Waals surface area contributed by atoms with Crippen molar-refractivity contribution >= 4 is 27.4 Å². The maximum atomic E-state index is 13.1. The van der Waals surface area contributed by atoms with Crippen LogP contribution in [0.3, 0.4) is 0 Å². The van der Waals surface area contributed by atoms with E-state index >= 15 is 0 Å². The molecule has 1 aromatic carbocycles. The number of pyridine rings is 1. The number of carbonyl (C=O) groups excluding carboxylic acids is 1. The number of hydrogen-bond donors (Lipinski definition) is 2. The first-order valence-corrected chi connectivity index (χ1v) is 13.9. The Morgan fingerprint density at radius 1 is 1.14 bits per heavy atom. The molecule has 0 unspecified atom stereocenters. The zero-order valence-corrected chi connectivity index (χ0v) is 20.7. The monoisotopic (exact) mass is 519 g/mol. The second-order valence-electron chi connectivity index (χ2n) is 9.78. The van der Waals surface area contributed by atoms with Gasteiger partial charge in [0, 0.05) is 17.8 Å². The van der Waals surface area contributed by atoms with Crippen molar-refractivity contribution in [1.82, 2.24) is 29.1 Å². The minimum absolute atomic E-state index is 0.142. The fourth-order valence-electron chi connectivity index (χ4n) is 5.42. The van der Waals surface area contributed by atoms with E-state index in [1.165, 1.54) is 12.4 Å². The maximum absolute atomic E-state index is 13.1. The molecule has 2 amide bonds. The molecule has 0 bridgehead atoms. The number of sulfonamides is 1. The van der Waals surface area contributed by atoms with Gasteiger partial charge in [-0.15, -0.1) is 0 Å². The number of rotatable bonds is 5. The van der Waals surface area contributed by atoms with Crippen LogP contribution in [0.25, 0.3) is 16.8 Å². The molecule has 4 aromatic rings. The number of urea groups is 1. The van der Waals surface area contributed by atoms with E-state index in [9.17, 15) is 13.2 Å². The zero-order valence-electron chi connectivity index (χ0n) is 19.9. The topological polar surface area (TPSA) is 133 Å². The van der Waals surface area contributed by atoms with Gasteiger partial charge in [-0.1, -0.05) is 12.1 Å². The van der Waals surface area contributed by atoms with Crippen LogP contribution in [0, 0.1) is 5.92 Å². The Morgan fingerprint density at radius 2 is 2.03 bits per heavy atom. The first-order chi connectivity index (χ1) is 18.0. The Kier molecular flexibility index (Phi) is 5.08. The first-order valence-electron chi connectivity index (χ1n) is 12.4. The molecule has 1 atom stereocenters. The molecule has 1 aliphatic heterocycles. The largest absolute Gasteiger partial charge is 0.370 e. The van der Waals surface area contributed by atoms with Gasteiger partial charge in [0.2, 0.25) is 0 Å². The Bertz CT molecular complexity index is 1650. The number of nitrogens with one attached hydrogen (secondary N) is 2. The Morgan fingerprint density at radius 3 is 2.89 bits per heavy atom. The number of anilines is 1. The number of fused-ring (bicyclic) bond motifs is 3. The molecule has 4 heterocycles. The minimum atomic E-state index is -4.19. The number of carbonyl (C=O) groups is 1. The molecule has 12 heteroatoms. The Labute approximate surface area is 212 Å². The summed E-state index contributed by atoms with van der Waals surface area (Å²) in [7, 11) is -4.19. The number of ether oxygens (including phenoxy) is 1. The van der Waals surface area contributed by atoms with Gasteiger partial charge in [0.1, 0.15) is 12.4 Å². The lowest BCUT2D eigenvalue weighted by atomic mass is 9.98. The van der Waals surface area contributed by atoms with Crippen molar-refractivity contribution in [1.29, 1.82) is 0 Å². The molecule has 0 radical (unpaired) electrons. The van der Waals surface area contributed by atoms with Gasteiger partial charge in [0.15, 0.2) is 10.7 Å². The number of nitrogens with zero attached hydrogens (tertiary/aromatic N) is 5. The summed E-state index contributed by atoms with van der Waals surface area (Å²) in [4.78, 5) is 17.3. The third kappa shape index (κ3) is 3.96. The lowest BCUT2D eigenvalue weighted by molar-refractivity contribution is 0.00273. The van der Waals surface area contributed by atoms with Gasteiger partial charge in [-0.05, 0) is 66.8 Å². The summed E-state index contributed by atoms with van der Waals surface area (Å²) in [5.74, 6) is 0.401. The normalized spacial score (nSPS) is 19.0. The molecule has 190 valence electrons. The summed E-state index contributed by atoms with van der Waals surface area (Å²) in [6, 6.07) is 8.50. The van der Waals surface area contributed by atoms with Crippen LogP contribution in [0.15, 0.2) is 47.9 Å². The maximum Gasteiger partial charge on any atom is 0.333 e. The number of aryl methyl sites for hydroxylation is 1. The molecule has 11 nitrogen and oxygen atoms in total. The number of aromatic nitrogens is 5. The van der Waals surface area contributed by atoms with E-state index in [-0.39, 0.29) is 11.1 Å². The van der Waals surface area contributed by atoms with Crippen LogP contribution >= 0.6 is 0 Å². The SMILES string of the molecule is O=C(Nc1c(-c2ccn3ncnc3c2)ccc2c1CCC2)NS(=O)(=O)c1cc2n(n1)CCO[C@@H]2C1CC1. The zero-order chi connectivity index (χ0) is 25.1. The van der Waals surface area contributed by atoms with E-state index in [4.69, 9.17) is 4.74 Å². The molecule has 1 fully saturated rings. The van der Waals surface area contributed by atoms with E-state index in [1.807, 2.05) is 18.2 Å². The first kappa shape index (κ1) is 22.4. The molecular weight excluding hydrogens is 494 g/mol. The summed E-state index contributed by atoms with van der Waals surface area (Å²) in [5, 5.41) is 11.1. The highest BCUT2D eigenvalue weighted by Gasteiger charge is 2.38. The molecular formula is C25H25N7O4S. The average molecular weight is 520 g/mol. The van der Waals surface area contributed by atoms with Gasteiger partial charge in [-0.3, -0.25) is 4.68 Å². The van der Waals surface area contributed by atoms with Crippen molar-refractivity contribution in [2.45, 2.75) is 49.8 Å². The molecule has 37 heavy (non-hydrogen) atoms. The molecule has 7 rings (SSSR count). The fraction of sp³-hybridized carbons (Fsp3) is 0.360. The van der Waals surface area contributed by atoms with Crippen LogP contribution in [-0.2, 0) is 34.1 Å². The van der Waals surface area contributed by atoms with E-state index in [1.54, 1.807) is 15.4 Å². The van der Waals surface area contributed by atoms with Gasteiger partial charge in [0.05, 0.1) is 24.5 Å².